The van der Waals surface area contributed by atoms with Gasteiger partial charge in [-0.25, -0.2) is 4.79 Å². The topological polar surface area (TPSA) is 55.8 Å². The largest absolute Gasteiger partial charge is 0.508 e. The third-order valence-electron chi connectivity index (χ3n) is 2.07. The van der Waals surface area contributed by atoms with Crippen molar-refractivity contribution in [3.05, 3.63) is 24.3 Å². The molecule has 4 heteroatoms. The van der Waals surface area contributed by atoms with Crippen molar-refractivity contribution in [1.82, 2.24) is 0 Å². The fourth-order valence-electron chi connectivity index (χ4n) is 0.840. The SMILES string of the molecule is CCC(C)C(=O)OOc1ccc(O)cc1. The molecule has 0 amide bonds. The van der Waals surface area contributed by atoms with Crippen LogP contribution in [0.4, 0.5) is 0 Å². The van der Waals surface area contributed by atoms with Gasteiger partial charge in [-0.15, -0.1) is 0 Å². The number of phenols is 1. The van der Waals surface area contributed by atoms with Crippen molar-refractivity contribution in [2.45, 2.75) is 20.3 Å². The zero-order chi connectivity index (χ0) is 11.3. The van der Waals surface area contributed by atoms with E-state index in [1.54, 1.807) is 6.92 Å². The van der Waals surface area contributed by atoms with Crippen LogP contribution >= 0.6 is 0 Å². The van der Waals surface area contributed by atoms with Crippen molar-refractivity contribution >= 4 is 5.97 Å². The molecule has 1 N–H and O–H groups in total. The Morgan fingerprint density at radius 2 is 2.00 bits per heavy atom. The van der Waals surface area contributed by atoms with Crippen LogP contribution in [0.1, 0.15) is 20.3 Å². The van der Waals surface area contributed by atoms with E-state index in [2.05, 4.69) is 4.89 Å². The summed E-state index contributed by atoms with van der Waals surface area (Å²) >= 11 is 0. The first kappa shape index (κ1) is 11.4. The average molecular weight is 210 g/mol. The van der Waals surface area contributed by atoms with Gasteiger partial charge in [-0.2, -0.15) is 0 Å². The van der Waals surface area contributed by atoms with Crippen LogP contribution in [0.25, 0.3) is 0 Å². The zero-order valence-corrected chi connectivity index (χ0v) is 8.77. The Morgan fingerprint density at radius 1 is 1.40 bits per heavy atom. The zero-order valence-electron chi connectivity index (χ0n) is 8.77. The second-order valence-corrected chi connectivity index (χ2v) is 3.29. The Bertz CT molecular complexity index is 318. The Morgan fingerprint density at radius 3 is 2.53 bits per heavy atom. The van der Waals surface area contributed by atoms with E-state index in [1.807, 2.05) is 6.92 Å². The molecule has 0 bridgehead atoms. The molecule has 0 aromatic heterocycles. The van der Waals surface area contributed by atoms with Crippen molar-refractivity contribution < 1.29 is 19.7 Å². The van der Waals surface area contributed by atoms with Crippen molar-refractivity contribution in [1.29, 1.82) is 0 Å². The maximum atomic E-state index is 11.2. The molecule has 1 aromatic carbocycles. The molecule has 0 aliphatic heterocycles. The summed E-state index contributed by atoms with van der Waals surface area (Å²) in [5.41, 5.74) is 0. The summed E-state index contributed by atoms with van der Waals surface area (Å²) in [6.07, 6.45) is 0.706. The van der Waals surface area contributed by atoms with Crippen LogP contribution in [0.3, 0.4) is 0 Å². The van der Waals surface area contributed by atoms with Gasteiger partial charge in [0.15, 0.2) is 5.75 Å². The molecule has 0 radical (unpaired) electrons. The first-order valence-electron chi connectivity index (χ1n) is 4.81. The van der Waals surface area contributed by atoms with Gasteiger partial charge in [-0.1, -0.05) is 13.8 Å². The summed E-state index contributed by atoms with van der Waals surface area (Å²) < 4.78 is 0. The van der Waals surface area contributed by atoms with E-state index >= 15 is 0 Å². The first-order chi connectivity index (χ1) is 7.13. The van der Waals surface area contributed by atoms with Crippen molar-refractivity contribution in [3.8, 4) is 11.5 Å². The van der Waals surface area contributed by atoms with Gasteiger partial charge in [0, 0.05) is 0 Å². The summed E-state index contributed by atoms with van der Waals surface area (Å²) in [6.45, 7) is 3.66. The number of rotatable bonds is 4. The van der Waals surface area contributed by atoms with Crippen molar-refractivity contribution in [2.75, 3.05) is 0 Å². The first-order valence-corrected chi connectivity index (χ1v) is 4.81. The highest BCUT2D eigenvalue weighted by molar-refractivity contribution is 5.71. The van der Waals surface area contributed by atoms with Gasteiger partial charge in [-0.05, 0) is 30.7 Å². The molecular weight excluding hydrogens is 196 g/mol. The molecule has 1 atom stereocenters. The van der Waals surface area contributed by atoms with E-state index < -0.39 is 5.97 Å². The maximum Gasteiger partial charge on any atom is 0.358 e. The van der Waals surface area contributed by atoms with Crippen molar-refractivity contribution in [3.63, 3.8) is 0 Å². The Labute approximate surface area is 88.4 Å². The second-order valence-electron chi connectivity index (χ2n) is 3.29. The molecule has 0 aliphatic rings. The quantitative estimate of drug-likeness (QED) is 0.611. The van der Waals surface area contributed by atoms with Crippen molar-refractivity contribution in [2.24, 2.45) is 5.92 Å². The van der Waals surface area contributed by atoms with Gasteiger partial charge in [0.25, 0.3) is 0 Å². The van der Waals surface area contributed by atoms with E-state index in [4.69, 9.17) is 9.99 Å². The average Bonchev–Trinajstić information content (AvgIpc) is 2.26. The fourth-order valence-corrected chi connectivity index (χ4v) is 0.840. The lowest BCUT2D eigenvalue weighted by Gasteiger charge is -2.07. The minimum absolute atomic E-state index is 0.135. The highest BCUT2D eigenvalue weighted by atomic mass is 17.2. The summed E-state index contributed by atoms with van der Waals surface area (Å²) in [4.78, 5) is 20.6. The lowest BCUT2D eigenvalue weighted by Crippen LogP contribution is -2.15. The van der Waals surface area contributed by atoms with Gasteiger partial charge < -0.3 is 5.11 Å². The van der Waals surface area contributed by atoms with Crippen LogP contribution in [0, 0.1) is 5.92 Å². The van der Waals surface area contributed by atoms with Gasteiger partial charge in [0.2, 0.25) is 0 Å². The second kappa shape index (κ2) is 5.24. The standard InChI is InChI=1S/C11H14O4/c1-3-8(2)11(13)15-14-10-6-4-9(12)5-7-10/h4-8,12H,3H2,1-2H3. The molecule has 0 saturated carbocycles. The number of benzene rings is 1. The van der Waals surface area contributed by atoms with Gasteiger partial charge in [0.1, 0.15) is 5.75 Å². The molecule has 0 fully saturated rings. The highest BCUT2D eigenvalue weighted by Gasteiger charge is 2.13. The number of hydrogen-bond donors (Lipinski definition) is 1. The van der Waals surface area contributed by atoms with E-state index in [0.717, 1.165) is 0 Å². The van der Waals surface area contributed by atoms with Crippen LogP contribution in [0.5, 0.6) is 11.5 Å². The molecule has 82 valence electrons. The molecular formula is C11H14O4. The monoisotopic (exact) mass is 210 g/mol. The Balaban J connectivity index is 2.43. The molecule has 1 aromatic rings. The van der Waals surface area contributed by atoms with Crippen LogP contribution in [0.2, 0.25) is 0 Å². The molecule has 0 spiro atoms. The van der Waals surface area contributed by atoms with Crippen LogP contribution in [-0.4, -0.2) is 11.1 Å². The van der Waals surface area contributed by atoms with Gasteiger partial charge in [-0.3, -0.25) is 9.78 Å². The number of phenolic OH excluding ortho intramolecular Hbond substituents is 1. The number of aromatic hydroxyl groups is 1. The molecule has 4 nitrogen and oxygen atoms in total. The minimum atomic E-state index is -0.398. The van der Waals surface area contributed by atoms with E-state index in [-0.39, 0.29) is 11.7 Å². The minimum Gasteiger partial charge on any atom is -0.508 e. The van der Waals surface area contributed by atoms with Crippen LogP contribution in [-0.2, 0) is 9.68 Å². The molecule has 1 rings (SSSR count). The summed E-state index contributed by atoms with van der Waals surface area (Å²) in [5, 5.41) is 9.00. The van der Waals surface area contributed by atoms with E-state index in [0.29, 0.717) is 12.2 Å². The number of hydrogen-bond acceptors (Lipinski definition) is 4. The Kier molecular flexibility index (Phi) is 3.97. The highest BCUT2D eigenvalue weighted by Crippen LogP contribution is 2.16. The predicted molar refractivity (Wildman–Crippen MR) is 54.3 cm³/mol. The third-order valence-corrected chi connectivity index (χ3v) is 2.07. The maximum absolute atomic E-state index is 11.2. The lowest BCUT2D eigenvalue weighted by molar-refractivity contribution is -0.218. The number of carbonyl (C=O) groups excluding carboxylic acids is 1. The number of carbonyl (C=O) groups is 1. The molecule has 15 heavy (non-hydrogen) atoms. The van der Waals surface area contributed by atoms with Gasteiger partial charge in [0.05, 0.1) is 5.92 Å². The summed E-state index contributed by atoms with van der Waals surface area (Å²) in [7, 11) is 0. The molecule has 0 heterocycles. The summed E-state index contributed by atoms with van der Waals surface area (Å²) in [6, 6.07) is 5.93. The molecule has 1 unspecified atom stereocenters. The normalized spacial score (nSPS) is 11.9. The fraction of sp³-hybridized carbons (Fsp3) is 0.364. The summed E-state index contributed by atoms with van der Waals surface area (Å²) in [5.74, 6) is -0.0623. The lowest BCUT2D eigenvalue weighted by atomic mass is 10.1. The van der Waals surface area contributed by atoms with E-state index in [1.165, 1.54) is 24.3 Å². The van der Waals surface area contributed by atoms with Crippen LogP contribution in [0.15, 0.2) is 24.3 Å². The molecule has 0 saturated heterocycles. The smallest absolute Gasteiger partial charge is 0.358 e. The Hall–Kier alpha value is -1.71. The van der Waals surface area contributed by atoms with E-state index in [9.17, 15) is 4.79 Å². The predicted octanol–water partition coefficient (Wildman–Crippen LogP) is 2.28. The molecule has 0 aliphatic carbocycles. The third kappa shape index (κ3) is 3.50. The van der Waals surface area contributed by atoms with Gasteiger partial charge >= 0.3 is 5.97 Å². The van der Waals surface area contributed by atoms with Crippen LogP contribution < -0.4 is 4.89 Å².